The Labute approximate surface area is 194 Å². The number of ether oxygens (including phenoxy) is 3. The number of aromatic nitrogens is 7. The quantitative estimate of drug-likeness (QED) is 0.360. The Hall–Kier alpha value is -4.67. The Kier molecular flexibility index (Phi) is 5.65. The van der Waals surface area contributed by atoms with Gasteiger partial charge >= 0.3 is 0 Å². The van der Waals surface area contributed by atoms with Crippen molar-refractivity contribution < 1.29 is 14.2 Å². The molecular weight excluding hydrogens is 436 g/mol. The number of aromatic amines is 1. The molecule has 2 aromatic carbocycles. The third-order valence-corrected chi connectivity index (χ3v) is 5.29. The van der Waals surface area contributed by atoms with Gasteiger partial charge in [0.25, 0.3) is 0 Å². The van der Waals surface area contributed by atoms with E-state index in [0.29, 0.717) is 41.1 Å². The van der Waals surface area contributed by atoms with E-state index < -0.39 is 0 Å². The van der Waals surface area contributed by atoms with Crippen LogP contribution in [0.4, 0.5) is 11.6 Å². The number of hydrogen-bond acceptors (Lipinski definition) is 9. The topological polar surface area (TPSA) is 125 Å². The molecular formula is C23H22N8O3. The van der Waals surface area contributed by atoms with E-state index in [9.17, 15) is 0 Å². The molecule has 2 N–H and O–H groups in total. The fourth-order valence-corrected chi connectivity index (χ4v) is 3.73. The first kappa shape index (κ1) is 21.2. The molecule has 0 saturated carbocycles. The van der Waals surface area contributed by atoms with E-state index in [1.54, 1.807) is 39.7 Å². The van der Waals surface area contributed by atoms with Crippen LogP contribution in [0.2, 0.25) is 0 Å². The van der Waals surface area contributed by atoms with Gasteiger partial charge in [-0.15, -0.1) is 10.2 Å². The highest BCUT2D eigenvalue weighted by molar-refractivity contribution is 5.79. The second-order valence-corrected chi connectivity index (χ2v) is 7.37. The maximum Gasteiger partial charge on any atom is 0.229 e. The Bertz CT molecular complexity index is 1410. The SMILES string of the molecule is COc1cc(Nc2ncc3ccn(-c4cccc(Cc5nn[nH]n5)c4)c3n2)cc(OC)c1OC. The lowest BCUT2D eigenvalue weighted by Gasteiger charge is -2.14. The molecule has 3 aromatic heterocycles. The summed E-state index contributed by atoms with van der Waals surface area (Å²) in [6.07, 6.45) is 4.32. The molecule has 0 bridgehead atoms. The lowest BCUT2D eigenvalue weighted by atomic mass is 10.1. The first-order chi connectivity index (χ1) is 16.7. The molecule has 0 unspecified atom stereocenters. The summed E-state index contributed by atoms with van der Waals surface area (Å²) in [4.78, 5) is 9.21. The summed E-state index contributed by atoms with van der Waals surface area (Å²) >= 11 is 0. The van der Waals surface area contributed by atoms with E-state index in [1.165, 1.54) is 0 Å². The van der Waals surface area contributed by atoms with Gasteiger partial charge in [-0.05, 0) is 23.8 Å². The highest BCUT2D eigenvalue weighted by atomic mass is 16.5. The lowest BCUT2D eigenvalue weighted by Crippen LogP contribution is -2.02. The Morgan fingerprint density at radius 3 is 2.53 bits per heavy atom. The van der Waals surface area contributed by atoms with Gasteiger partial charge in [0, 0.05) is 47.7 Å². The first-order valence-electron chi connectivity index (χ1n) is 10.4. The van der Waals surface area contributed by atoms with Gasteiger partial charge in [0.2, 0.25) is 11.7 Å². The zero-order valence-corrected chi connectivity index (χ0v) is 18.8. The minimum absolute atomic E-state index is 0.435. The number of H-pyrrole nitrogens is 1. The third kappa shape index (κ3) is 4.06. The summed E-state index contributed by atoms with van der Waals surface area (Å²) in [6, 6.07) is 13.7. The third-order valence-electron chi connectivity index (χ3n) is 5.29. The molecule has 0 aliphatic heterocycles. The average molecular weight is 458 g/mol. The van der Waals surface area contributed by atoms with E-state index in [-0.39, 0.29) is 0 Å². The van der Waals surface area contributed by atoms with Gasteiger partial charge in [-0.3, -0.25) is 0 Å². The van der Waals surface area contributed by atoms with E-state index in [1.807, 2.05) is 35.0 Å². The average Bonchev–Trinajstić information content (AvgIpc) is 3.53. The molecule has 3 heterocycles. The summed E-state index contributed by atoms with van der Waals surface area (Å²) in [5, 5.41) is 18.3. The zero-order chi connectivity index (χ0) is 23.5. The summed E-state index contributed by atoms with van der Waals surface area (Å²) < 4.78 is 18.3. The molecule has 0 aliphatic rings. The Morgan fingerprint density at radius 1 is 1.00 bits per heavy atom. The van der Waals surface area contributed by atoms with Crippen molar-refractivity contribution in [1.82, 2.24) is 35.2 Å². The van der Waals surface area contributed by atoms with Gasteiger partial charge in [0.15, 0.2) is 17.3 Å². The van der Waals surface area contributed by atoms with Gasteiger partial charge in [-0.2, -0.15) is 10.2 Å². The van der Waals surface area contributed by atoms with Gasteiger partial charge in [-0.1, -0.05) is 17.3 Å². The maximum absolute atomic E-state index is 5.44. The highest BCUT2D eigenvalue weighted by Crippen LogP contribution is 2.40. The molecule has 0 aliphatic carbocycles. The van der Waals surface area contributed by atoms with E-state index in [4.69, 9.17) is 19.2 Å². The largest absolute Gasteiger partial charge is 0.493 e. The monoisotopic (exact) mass is 458 g/mol. The van der Waals surface area contributed by atoms with Gasteiger partial charge in [0.05, 0.1) is 21.3 Å². The second-order valence-electron chi connectivity index (χ2n) is 7.37. The zero-order valence-electron chi connectivity index (χ0n) is 18.8. The molecule has 0 saturated heterocycles. The van der Waals surface area contributed by atoms with Crippen molar-refractivity contribution in [2.45, 2.75) is 6.42 Å². The van der Waals surface area contributed by atoms with Crippen molar-refractivity contribution in [3.8, 4) is 22.9 Å². The van der Waals surface area contributed by atoms with E-state index in [0.717, 1.165) is 22.3 Å². The van der Waals surface area contributed by atoms with Crippen LogP contribution in [0, 0.1) is 0 Å². The number of rotatable bonds is 8. The van der Waals surface area contributed by atoms with Crippen molar-refractivity contribution in [2.75, 3.05) is 26.6 Å². The van der Waals surface area contributed by atoms with Gasteiger partial charge in [-0.25, -0.2) is 4.98 Å². The Balaban J connectivity index is 1.48. The predicted molar refractivity (Wildman–Crippen MR) is 125 cm³/mol. The normalized spacial score (nSPS) is 10.9. The number of methoxy groups -OCH3 is 3. The number of benzene rings is 2. The van der Waals surface area contributed by atoms with Crippen molar-refractivity contribution in [3.05, 3.63) is 66.2 Å². The number of hydrogen-bond donors (Lipinski definition) is 2. The number of fused-ring (bicyclic) bond motifs is 1. The van der Waals surface area contributed by atoms with Crippen LogP contribution >= 0.6 is 0 Å². The van der Waals surface area contributed by atoms with Crippen LogP contribution in [-0.4, -0.2) is 56.5 Å². The van der Waals surface area contributed by atoms with Crippen LogP contribution in [0.15, 0.2) is 54.9 Å². The predicted octanol–water partition coefficient (Wildman–Crippen LogP) is 3.29. The van der Waals surface area contributed by atoms with Gasteiger partial charge in [0.1, 0.15) is 5.65 Å². The Morgan fingerprint density at radius 2 is 1.82 bits per heavy atom. The fourth-order valence-electron chi connectivity index (χ4n) is 3.73. The van der Waals surface area contributed by atoms with Crippen LogP contribution in [0.5, 0.6) is 17.2 Å². The second kappa shape index (κ2) is 9.06. The number of tetrazole rings is 1. The first-order valence-corrected chi connectivity index (χ1v) is 10.4. The minimum atomic E-state index is 0.435. The van der Waals surface area contributed by atoms with Gasteiger partial charge < -0.3 is 24.1 Å². The number of anilines is 2. The van der Waals surface area contributed by atoms with Crippen LogP contribution in [-0.2, 0) is 6.42 Å². The lowest BCUT2D eigenvalue weighted by molar-refractivity contribution is 0.324. The molecule has 172 valence electrons. The molecule has 11 nitrogen and oxygen atoms in total. The molecule has 0 amide bonds. The van der Waals surface area contributed by atoms with E-state index >= 15 is 0 Å². The summed E-state index contributed by atoms with van der Waals surface area (Å²) in [5.74, 6) is 2.65. The van der Waals surface area contributed by atoms with Crippen LogP contribution in [0.25, 0.3) is 16.7 Å². The number of nitrogens with zero attached hydrogens (tertiary/aromatic N) is 6. The molecule has 5 rings (SSSR count). The van der Waals surface area contributed by atoms with Crippen molar-refractivity contribution in [1.29, 1.82) is 0 Å². The van der Waals surface area contributed by atoms with Crippen LogP contribution < -0.4 is 19.5 Å². The van der Waals surface area contributed by atoms with E-state index in [2.05, 4.69) is 37.0 Å². The molecule has 0 radical (unpaired) electrons. The summed E-state index contributed by atoms with van der Waals surface area (Å²) in [5.41, 5.74) is 3.50. The standard InChI is InChI=1S/C23H22N8O3/c1-32-18-11-16(12-19(33-2)21(18)34-3)25-23-24-13-15-7-8-31(22(15)26-23)17-6-4-5-14(9-17)10-20-27-29-30-28-20/h4-9,11-13H,10H2,1-3H3,(H,24,25,26)(H,27,28,29,30). The summed E-state index contributed by atoms with van der Waals surface area (Å²) in [6.45, 7) is 0. The summed E-state index contributed by atoms with van der Waals surface area (Å²) in [7, 11) is 4.71. The fraction of sp³-hybridized carbons (Fsp3) is 0.174. The smallest absolute Gasteiger partial charge is 0.229 e. The molecule has 0 spiro atoms. The maximum atomic E-state index is 5.44. The highest BCUT2D eigenvalue weighted by Gasteiger charge is 2.15. The molecule has 34 heavy (non-hydrogen) atoms. The van der Waals surface area contributed by atoms with Crippen molar-refractivity contribution in [2.24, 2.45) is 0 Å². The molecule has 0 atom stereocenters. The van der Waals surface area contributed by atoms with Crippen molar-refractivity contribution in [3.63, 3.8) is 0 Å². The molecule has 0 fully saturated rings. The number of nitrogens with one attached hydrogen (secondary N) is 2. The minimum Gasteiger partial charge on any atom is -0.493 e. The molecule has 5 aromatic rings. The molecule has 11 heteroatoms. The van der Waals surface area contributed by atoms with Crippen molar-refractivity contribution >= 4 is 22.7 Å². The van der Waals surface area contributed by atoms with Crippen LogP contribution in [0.1, 0.15) is 11.4 Å². The van der Waals surface area contributed by atoms with Crippen LogP contribution in [0.3, 0.4) is 0 Å².